The summed E-state index contributed by atoms with van der Waals surface area (Å²) in [6, 6.07) is 18.2. The van der Waals surface area contributed by atoms with Gasteiger partial charge in [-0.2, -0.15) is 0 Å². The number of carbonyl (C=O) groups is 2. The van der Waals surface area contributed by atoms with Crippen molar-refractivity contribution in [3.8, 4) is 5.75 Å². The van der Waals surface area contributed by atoms with Crippen molar-refractivity contribution in [2.45, 2.75) is 26.3 Å². The quantitative estimate of drug-likeness (QED) is 0.351. The summed E-state index contributed by atoms with van der Waals surface area (Å²) in [5.41, 5.74) is 3.30. The van der Waals surface area contributed by atoms with E-state index in [-0.39, 0.29) is 17.9 Å². The summed E-state index contributed by atoms with van der Waals surface area (Å²) in [5, 5.41) is 6.62. The van der Waals surface area contributed by atoms with Gasteiger partial charge in [-0.15, -0.1) is 0 Å². The van der Waals surface area contributed by atoms with Gasteiger partial charge in [0.05, 0.1) is 28.4 Å². The molecule has 0 aliphatic carbocycles. The average Bonchev–Trinajstić information content (AvgIpc) is 2.94. The van der Waals surface area contributed by atoms with Crippen LogP contribution < -0.4 is 25.2 Å². The summed E-state index contributed by atoms with van der Waals surface area (Å²) >= 11 is 12.1. The molecule has 3 aromatic rings. The van der Waals surface area contributed by atoms with Crippen LogP contribution in [0.15, 0.2) is 60.7 Å². The van der Waals surface area contributed by atoms with E-state index in [0.717, 1.165) is 49.7 Å². The monoisotopic (exact) mass is 554 g/mol. The highest BCUT2D eigenvalue weighted by Crippen LogP contribution is 2.31. The second-order valence-corrected chi connectivity index (χ2v) is 10.1. The van der Waals surface area contributed by atoms with Crippen molar-refractivity contribution in [2.24, 2.45) is 0 Å². The number of ether oxygens (including phenoxy) is 1. The standard InChI is InChI=1S/C29H32Cl2N4O3/c1-4-19(2)32-29(37)22-18-21(33-28(36)20-9-11-23(30)24(31)17-20)10-12-25(22)34-13-15-35(16-14-34)26-7-5-6-8-27(26)38-3/h5-12,17-19H,4,13-16H2,1-3H3,(H,32,37)(H,33,36)/t19-/m1/s1. The first-order chi connectivity index (χ1) is 18.3. The van der Waals surface area contributed by atoms with Crippen LogP contribution in [0.3, 0.4) is 0 Å². The number of nitrogens with zero attached hydrogens (tertiary/aromatic N) is 2. The topological polar surface area (TPSA) is 73.9 Å². The van der Waals surface area contributed by atoms with Crippen molar-refractivity contribution in [3.05, 3.63) is 81.8 Å². The van der Waals surface area contributed by atoms with Crippen LogP contribution in [0.25, 0.3) is 0 Å². The van der Waals surface area contributed by atoms with E-state index in [9.17, 15) is 9.59 Å². The largest absolute Gasteiger partial charge is 0.495 e. The Kier molecular flexibility index (Phi) is 9.02. The molecule has 0 bridgehead atoms. The number of piperazine rings is 1. The highest BCUT2D eigenvalue weighted by molar-refractivity contribution is 6.42. The molecule has 0 aromatic heterocycles. The van der Waals surface area contributed by atoms with Crippen LogP contribution in [-0.4, -0.2) is 51.1 Å². The van der Waals surface area contributed by atoms with E-state index < -0.39 is 0 Å². The van der Waals surface area contributed by atoms with Crippen LogP contribution in [0, 0.1) is 0 Å². The number of para-hydroxylation sites is 2. The highest BCUT2D eigenvalue weighted by Gasteiger charge is 2.24. The van der Waals surface area contributed by atoms with Crippen LogP contribution in [-0.2, 0) is 0 Å². The van der Waals surface area contributed by atoms with Gasteiger partial charge in [-0.05, 0) is 61.9 Å². The number of amides is 2. The predicted molar refractivity (Wildman–Crippen MR) is 155 cm³/mol. The zero-order valence-corrected chi connectivity index (χ0v) is 23.3. The molecule has 1 saturated heterocycles. The number of nitrogens with one attached hydrogen (secondary N) is 2. The van der Waals surface area contributed by atoms with Crippen molar-refractivity contribution >= 4 is 52.1 Å². The molecule has 0 spiro atoms. The van der Waals surface area contributed by atoms with Crippen LogP contribution in [0.2, 0.25) is 10.0 Å². The van der Waals surface area contributed by atoms with Crippen LogP contribution in [0.4, 0.5) is 17.1 Å². The van der Waals surface area contributed by atoms with Crippen molar-refractivity contribution in [3.63, 3.8) is 0 Å². The number of hydrogen-bond acceptors (Lipinski definition) is 5. The highest BCUT2D eigenvalue weighted by atomic mass is 35.5. The van der Waals surface area contributed by atoms with Crippen molar-refractivity contribution in [1.29, 1.82) is 0 Å². The maximum absolute atomic E-state index is 13.3. The van der Waals surface area contributed by atoms with Gasteiger partial charge in [-0.25, -0.2) is 0 Å². The van der Waals surface area contributed by atoms with Gasteiger partial charge in [-0.1, -0.05) is 42.3 Å². The summed E-state index contributed by atoms with van der Waals surface area (Å²) in [4.78, 5) is 30.7. The Balaban J connectivity index is 1.56. The van der Waals surface area contributed by atoms with Gasteiger partial charge in [0.2, 0.25) is 0 Å². The predicted octanol–water partition coefficient (Wildman–Crippen LogP) is 6.11. The van der Waals surface area contributed by atoms with E-state index in [0.29, 0.717) is 26.9 Å². The molecule has 3 aromatic carbocycles. The Morgan fingerprint density at radius 3 is 2.24 bits per heavy atom. The lowest BCUT2D eigenvalue weighted by Gasteiger charge is -2.38. The second kappa shape index (κ2) is 12.4. The fourth-order valence-corrected chi connectivity index (χ4v) is 4.69. The Morgan fingerprint density at radius 1 is 0.895 bits per heavy atom. The van der Waals surface area contributed by atoms with Crippen molar-refractivity contribution in [2.75, 3.05) is 48.4 Å². The molecule has 38 heavy (non-hydrogen) atoms. The Hall–Kier alpha value is -3.42. The fraction of sp³-hybridized carbons (Fsp3) is 0.310. The second-order valence-electron chi connectivity index (χ2n) is 9.24. The summed E-state index contributed by atoms with van der Waals surface area (Å²) in [5.74, 6) is 0.332. The first kappa shape index (κ1) is 27.6. The maximum atomic E-state index is 13.3. The van der Waals surface area contributed by atoms with E-state index in [2.05, 4.69) is 26.5 Å². The molecular weight excluding hydrogens is 523 g/mol. The fourth-order valence-electron chi connectivity index (χ4n) is 4.39. The molecule has 0 unspecified atom stereocenters. The van der Waals surface area contributed by atoms with E-state index in [4.69, 9.17) is 27.9 Å². The van der Waals surface area contributed by atoms with E-state index >= 15 is 0 Å². The molecule has 0 radical (unpaired) electrons. The molecular formula is C29H32Cl2N4O3. The molecule has 4 rings (SSSR count). The summed E-state index contributed by atoms with van der Waals surface area (Å²) < 4.78 is 5.54. The van der Waals surface area contributed by atoms with Crippen LogP contribution >= 0.6 is 23.2 Å². The molecule has 1 fully saturated rings. The molecule has 7 nitrogen and oxygen atoms in total. The normalized spacial score (nSPS) is 14.1. The summed E-state index contributed by atoms with van der Waals surface area (Å²) in [6.07, 6.45) is 0.812. The average molecular weight is 556 g/mol. The van der Waals surface area contributed by atoms with Gasteiger partial charge in [0.1, 0.15) is 5.75 Å². The number of hydrogen-bond donors (Lipinski definition) is 2. The molecule has 1 aliphatic rings. The molecule has 9 heteroatoms. The summed E-state index contributed by atoms with van der Waals surface area (Å²) in [7, 11) is 1.68. The SMILES string of the molecule is CC[C@@H](C)NC(=O)c1cc(NC(=O)c2ccc(Cl)c(Cl)c2)ccc1N1CCN(c2ccccc2OC)CC1. The van der Waals surface area contributed by atoms with Crippen molar-refractivity contribution < 1.29 is 14.3 Å². The lowest BCUT2D eigenvalue weighted by Crippen LogP contribution is -2.47. The molecule has 0 saturated carbocycles. The Bertz CT molecular complexity index is 1310. The van der Waals surface area contributed by atoms with Gasteiger partial charge >= 0.3 is 0 Å². The summed E-state index contributed by atoms with van der Waals surface area (Å²) in [6.45, 7) is 7.02. The molecule has 1 aliphatic heterocycles. The third-order valence-corrected chi connectivity index (χ3v) is 7.46. The lowest BCUT2D eigenvalue weighted by atomic mass is 10.1. The number of carbonyl (C=O) groups excluding carboxylic acids is 2. The minimum atomic E-state index is -0.338. The van der Waals surface area contributed by atoms with E-state index in [1.165, 1.54) is 6.07 Å². The van der Waals surface area contributed by atoms with Gasteiger partial charge in [0.15, 0.2) is 0 Å². The molecule has 200 valence electrons. The van der Waals surface area contributed by atoms with Gasteiger partial charge < -0.3 is 25.2 Å². The smallest absolute Gasteiger partial charge is 0.255 e. The Morgan fingerprint density at radius 2 is 1.58 bits per heavy atom. The zero-order chi connectivity index (χ0) is 27.2. The van der Waals surface area contributed by atoms with E-state index in [1.54, 1.807) is 25.3 Å². The number of halogens is 2. The molecule has 2 amide bonds. The molecule has 2 N–H and O–H groups in total. The Labute approximate surface area is 233 Å². The van der Waals surface area contributed by atoms with Crippen LogP contribution in [0.5, 0.6) is 5.75 Å². The van der Waals surface area contributed by atoms with E-state index in [1.807, 2.05) is 44.2 Å². The van der Waals surface area contributed by atoms with Crippen LogP contribution in [0.1, 0.15) is 41.0 Å². The third kappa shape index (κ3) is 6.34. The number of rotatable bonds is 8. The minimum absolute atomic E-state index is 0.0206. The van der Waals surface area contributed by atoms with Crippen molar-refractivity contribution in [1.82, 2.24) is 5.32 Å². The first-order valence-electron chi connectivity index (χ1n) is 12.6. The lowest BCUT2D eigenvalue weighted by molar-refractivity contribution is 0.0938. The molecule has 1 heterocycles. The molecule has 1 atom stereocenters. The third-order valence-electron chi connectivity index (χ3n) is 6.72. The minimum Gasteiger partial charge on any atom is -0.495 e. The zero-order valence-electron chi connectivity index (χ0n) is 21.8. The number of anilines is 3. The number of benzene rings is 3. The number of methoxy groups -OCH3 is 1. The maximum Gasteiger partial charge on any atom is 0.255 e. The van der Waals surface area contributed by atoms with Gasteiger partial charge in [0.25, 0.3) is 11.8 Å². The van der Waals surface area contributed by atoms with Gasteiger partial charge in [0, 0.05) is 49.2 Å². The van der Waals surface area contributed by atoms with Gasteiger partial charge in [-0.3, -0.25) is 9.59 Å². The first-order valence-corrected chi connectivity index (χ1v) is 13.4.